The molecule has 2 N–H and O–H groups in total. The van der Waals surface area contributed by atoms with Crippen LogP contribution in [-0.2, 0) is 6.42 Å². The highest BCUT2D eigenvalue weighted by Crippen LogP contribution is 2.30. The van der Waals surface area contributed by atoms with E-state index < -0.39 is 0 Å². The van der Waals surface area contributed by atoms with E-state index in [1.165, 1.54) is 24.0 Å². The van der Waals surface area contributed by atoms with Crippen molar-refractivity contribution in [2.24, 2.45) is 0 Å². The van der Waals surface area contributed by atoms with Crippen molar-refractivity contribution in [1.29, 1.82) is 0 Å². The Balaban J connectivity index is 1.80. The molecule has 3 heteroatoms. The number of fused-ring (bicyclic) bond motifs is 1. The quantitative estimate of drug-likeness (QED) is 0.842. The van der Waals surface area contributed by atoms with Crippen molar-refractivity contribution >= 4 is 11.6 Å². The molecule has 1 aliphatic carbocycles. The van der Waals surface area contributed by atoms with Crippen molar-refractivity contribution in [3.63, 3.8) is 0 Å². The van der Waals surface area contributed by atoms with Crippen LogP contribution < -0.4 is 10.6 Å². The molecule has 1 unspecified atom stereocenters. The zero-order valence-electron chi connectivity index (χ0n) is 9.30. The molecular formula is C13H17ClN2. The monoisotopic (exact) mass is 236 g/mol. The van der Waals surface area contributed by atoms with Gasteiger partial charge < -0.3 is 10.6 Å². The Morgan fingerprint density at radius 2 is 2.25 bits per heavy atom. The minimum Gasteiger partial charge on any atom is -0.312 e. The van der Waals surface area contributed by atoms with Crippen LogP contribution in [-0.4, -0.2) is 19.1 Å². The Hall–Kier alpha value is -0.570. The molecule has 1 aromatic rings. The van der Waals surface area contributed by atoms with Gasteiger partial charge in [-0.25, -0.2) is 0 Å². The van der Waals surface area contributed by atoms with Crippen LogP contribution in [0, 0.1) is 0 Å². The number of benzene rings is 1. The molecule has 0 radical (unpaired) electrons. The minimum absolute atomic E-state index is 0.387. The normalized spacial score (nSPS) is 24.2. The second-order valence-corrected chi connectivity index (χ2v) is 5.16. The summed E-state index contributed by atoms with van der Waals surface area (Å²) in [6, 6.07) is 7.40. The smallest absolute Gasteiger partial charge is 0.0464 e. The van der Waals surface area contributed by atoms with Gasteiger partial charge in [-0.3, -0.25) is 0 Å². The van der Waals surface area contributed by atoms with Gasteiger partial charge in [-0.05, 0) is 43.0 Å². The third-order valence-corrected chi connectivity index (χ3v) is 3.79. The fourth-order valence-corrected chi connectivity index (χ4v) is 2.75. The Bertz CT molecular complexity index is 388. The van der Waals surface area contributed by atoms with Gasteiger partial charge in [0, 0.05) is 23.7 Å². The van der Waals surface area contributed by atoms with E-state index >= 15 is 0 Å². The van der Waals surface area contributed by atoms with Gasteiger partial charge in [-0.1, -0.05) is 23.7 Å². The van der Waals surface area contributed by atoms with Gasteiger partial charge in [0.2, 0.25) is 0 Å². The number of halogens is 1. The molecule has 0 aromatic heterocycles. The summed E-state index contributed by atoms with van der Waals surface area (Å²) in [5, 5.41) is 8.04. The van der Waals surface area contributed by atoms with Crippen LogP contribution in [0.4, 0.5) is 0 Å². The van der Waals surface area contributed by atoms with E-state index in [0.29, 0.717) is 6.04 Å². The first-order valence-electron chi connectivity index (χ1n) is 6.08. The molecule has 16 heavy (non-hydrogen) atoms. The summed E-state index contributed by atoms with van der Waals surface area (Å²) in [7, 11) is 0. The highest BCUT2D eigenvalue weighted by atomic mass is 35.5. The van der Waals surface area contributed by atoms with Gasteiger partial charge in [0.15, 0.2) is 0 Å². The van der Waals surface area contributed by atoms with E-state index in [2.05, 4.69) is 22.8 Å². The van der Waals surface area contributed by atoms with E-state index in [4.69, 9.17) is 11.6 Å². The number of hydrogen-bond acceptors (Lipinski definition) is 2. The van der Waals surface area contributed by atoms with Gasteiger partial charge in [0.1, 0.15) is 0 Å². The van der Waals surface area contributed by atoms with Gasteiger partial charge in [-0.15, -0.1) is 0 Å². The molecule has 1 heterocycles. The predicted octanol–water partition coefficient (Wildman–Crippen LogP) is 2.28. The van der Waals surface area contributed by atoms with Gasteiger partial charge in [-0.2, -0.15) is 0 Å². The lowest BCUT2D eigenvalue weighted by Gasteiger charge is -2.28. The third-order valence-electron chi connectivity index (χ3n) is 3.46. The molecule has 0 bridgehead atoms. The first-order valence-corrected chi connectivity index (χ1v) is 6.46. The summed E-state index contributed by atoms with van der Waals surface area (Å²) in [4.78, 5) is 0. The first-order chi connectivity index (χ1) is 7.84. The summed E-state index contributed by atoms with van der Waals surface area (Å²) in [6.07, 6.45) is 3.76. The molecule has 86 valence electrons. The number of nitrogens with one attached hydrogen (secondary N) is 2. The Morgan fingerprint density at radius 3 is 3.06 bits per heavy atom. The molecule has 2 nitrogen and oxygen atoms in total. The maximum Gasteiger partial charge on any atom is 0.0464 e. The average Bonchev–Trinajstić information content (AvgIpc) is 3.10. The van der Waals surface area contributed by atoms with Crippen LogP contribution in [0.2, 0.25) is 5.02 Å². The van der Waals surface area contributed by atoms with Crippen LogP contribution in [0.1, 0.15) is 30.0 Å². The largest absolute Gasteiger partial charge is 0.312 e. The zero-order chi connectivity index (χ0) is 11.0. The predicted molar refractivity (Wildman–Crippen MR) is 66.9 cm³/mol. The molecule has 1 saturated carbocycles. The van der Waals surface area contributed by atoms with E-state index in [1.807, 2.05) is 6.07 Å². The number of hydrogen-bond donors (Lipinski definition) is 2. The molecular weight excluding hydrogens is 220 g/mol. The summed E-state index contributed by atoms with van der Waals surface area (Å²) >= 11 is 6.30. The SMILES string of the molecule is Clc1cccc2c1C(CNC1CC1)NCC2. The Labute approximate surface area is 101 Å². The summed E-state index contributed by atoms with van der Waals surface area (Å²) in [5.41, 5.74) is 2.72. The van der Waals surface area contributed by atoms with Crippen LogP contribution >= 0.6 is 11.6 Å². The molecule has 0 spiro atoms. The van der Waals surface area contributed by atoms with Crippen molar-refractivity contribution in [1.82, 2.24) is 10.6 Å². The van der Waals surface area contributed by atoms with Crippen LogP contribution in [0.25, 0.3) is 0 Å². The summed E-state index contributed by atoms with van der Waals surface area (Å²) < 4.78 is 0. The second-order valence-electron chi connectivity index (χ2n) is 4.75. The minimum atomic E-state index is 0.387. The lowest BCUT2D eigenvalue weighted by Crippen LogP contribution is -2.37. The number of rotatable bonds is 3. The van der Waals surface area contributed by atoms with Gasteiger partial charge >= 0.3 is 0 Å². The Morgan fingerprint density at radius 1 is 1.38 bits per heavy atom. The lowest BCUT2D eigenvalue weighted by molar-refractivity contribution is 0.467. The van der Waals surface area contributed by atoms with E-state index in [-0.39, 0.29) is 0 Å². The molecule has 3 rings (SSSR count). The molecule has 0 saturated heterocycles. The maximum atomic E-state index is 6.30. The van der Waals surface area contributed by atoms with Crippen LogP contribution in [0.5, 0.6) is 0 Å². The average molecular weight is 237 g/mol. The highest BCUT2D eigenvalue weighted by Gasteiger charge is 2.25. The Kier molecular flexibility index (Phi) is 2.88. The van der Waals surface area contributed by atoms with Crippen LogP contribution in [0.15, 0.2) is 18.2 Å². The van der Waals surface area contributed by atoms with Crippen molar-refractivity contribution in [3.05, 3.63) is 34.3 Å². The fourth-order valence-electron chi connectivity index (χ4n) is 2.42. The standard InChI is InChI=1S/C13H17ClN2/c14-11-3-1-2-9-6-7-15-12(13(9)11)8-16-10-4-5-10/h1-3,10,12,15-16H,4-8H2. The third kappa shape index (κ3) is 2.10. The van der Waals surface area contributed by atoms with Crippen molar-refractivity contribution in [2.75, 3.05) is 13.1 Å². The van der Waals surface area contributed by atoms with Crippen molar-refractivity contribution in [3.8, 4) is 0 Å². The highest BCUT2D eigenvalue weighted by molar-refractivity contribution is 6.31. The molecule has 1 atom stereocenters. The molecule has 1 fully saturated rings. The van der Waals surface area contributed by atoms with E-state index in [1.54, 1.807) is 0 Å². The van der Waals surface area contributed by atoms with E-state index in [9.17, 15) is 0 Å². The van der Waals surface area contributed by atoms with Crippen molar-refractivity contribution in [2.45, 2.75) is 31.3 Å². The molecule has 1 aromatic carbocycles. The van der Waals surface area contributed by atoms with Crippen LogP contribution in [0.3, 0.4) is 0 Å². The lowest BCUT2D eigenvalue weighted by atomic mass is 9.94. The van der Waals surface area contributed by atoms with Gasteiger partial charge in [0.25, 0.3) is 0 Å². The summed E-state index contributed by atoms with van der Waals surface area (Å²) in [5.74, 6) is 0. The second kappa shape index (κ2) is 4.36. The molecule has 0 amide bonds. The maximum absolute atomic E-state index is 6.30. The summed E-state index contributed by atoms with van der Waals surface area (Å²) in [6.45, 7) is 2.06. The fraction of sp³-hybridized carbons (Fsp3) is 0.538. The van der Waals surface area contributed by atoms with Crippen molar-refractivity contribution < 1.29 is 0 Å². The zero-order valence-corrected chi connectivity index (χ0v) is 10.1. The van der Waals surface area contributed by atoms with Gasteiger partial charge in [0.05, 0.1) is 0 Å². The van der Waals surface area contributed by atoms with E-state index in [0.717, 1.165) is 30.6 Å². The topological polar surface area (TPSA) is 24.1 Å². The molecule has 1 aliphatic heterocycles. The molecule has 2 aliphatic rings. The first kappa shape index (κ1) is 10.6.